The van der Waals surface area contributed by atoms with Crippen molar-refractivity contribution in [2.24, 2.45) is 0 Å². The maximum Gasteiger partial charge on any atom is 0.144 e. The van der Waals surface area contributed by atoms with E-state index in [4.69, 9.17) is 4.42 Å². The Balaban J connectivity index is 0.933. The summed E-state index contributed by atoms with van der Waals surface area (Å²) >= 11 is 1.84. The van der Waals surface area contributed by atoms with E-state index in [0.717, 1.165) is 16.6 Å². The SMILES string of the molecule is c1ccc2c(-c3c4ccccc4c(-c4ccc5cc(-c6ccc7c(c6)sc6ccc8c9ccc%10ccccc%10c9oc8c67)ccc5c4)c4ccccc34)cccc2c1. The molecule has 0 aliphatic rings. The fourth-order valence-corrected chi connectivity index (χ4v) is 10.9. The standard InChI is InChI=1S/C56H32OS/c1-3-13-40-33(10-1)12-9-19-42(40)53-45-17-7-5-15-43(45)52(44-16-6-8-18-46(44)53)39-23-22-35-30-36(20-21-37(35)31-39)38-25-27-49-51(32-38)58-50-29-28-48-47-26-24-34-11-2-4-14-41(34)55(47)57-56(48)54(49)50/h1-32H. The van der Waals surface area contributed by atoms with Gasteiger partial charge in [-0.05, 0) is 118 Å². The predicted molar refractivity (Wildman–Crippen MR) is 250 cm³/mol. The molecule has 2 aromatic heterocycles. The van der Waals surface area contributed by atoms with E-state index in [0.29, 0.717) is 0 Å². The lowest BCUT2D eigenvalue weighted by Gasteiger charge is -2.19. The van der Waals surface area contributed by atoms with Crippen LogP contribution in [-0.2, 0) is 0 Å². The van der Waals surface area contributed by atoms with Gasteiger partial charge >= 0.3 is 0 Å². The third kappa shape index (κ3) is 4.58. The van der Waals surface area contributed by atoms with Crippen LogP contribution in [0.3, 0.4) is 0 Å². The summed E-state index contributed by atoms with van der Waals surface area (Å²) in [4.78, 5) is 0. The minimum atomic E-state index is 0.968. The molecule has 0 aliphatic carbocycles. The molecule has 11 aromatic carbocycles. The Bertz CT molecular complexity index is 3800. The van der Waals surface area contributed by atoms with Gasteiger partial charge in [0.05, 0.1) is 0 Å². The van der Waals surface area contributed by atoms with E-state index in [2.05, 4.69) is 194 Å². The van der Waals surface area contributed by atoms with E-state index < -0.39 is 0 Å². The maximum atomic E-state index is 6.75. The Labute approximate surface area is 337 Å². The van der Waals surface area contributed by atoms with Gasteiger partial charge in [-0.25, -0.2) is 0 Å². The third-order valence-corrected chi connectivity index (χ3v) is 13.5. The van der Waals surface area contributed by atoms with Crippen molar-refractivity contribution in [3.8, 4) is 33.4 Å². The highest BCUT2D eigenvalue weighted by molar-refractivity contribution is 7.26. The first kappa shape index (κ1) is 31.9. The number of furan rings is 1. The van der Waals surface area contributed by atoms with Crippen molar-refractivity contribution in [1.29, 1.82) is 0 Å². The Morgan fingerprint density at radius 3 is 1.57 bits per heavy atom. The Kier molecular flexibility index (Phi) is 6.66. The molecule has 0 amide bonds. The van der Waals surface area contributed by atoms with E-state index in [-0.39, 0.29) is 0 Å². The molecular weight excluding hydrogens is 721 g/mol. The first-order chi connectivity index (χ1) is 28.7. The summed E-state index contributed by atoms with van der Waals surface area (Å²) in [6, 6.07) is 71.5. The highest BCUT2D eigenvalue weighted by Crippen LogP contribution is 2.47. The lowest BCUT2D eigenvalue weighted by molar-refractivity contribution is 0.677. The van der Waals surface area contributed by atoms with Crippen LogP contribution in [0.25, 0.3) is 129 Å². The molecular formula is C56H32OS. The summed E-state index contributed by atoms with van der Waals surface area (Å²) in [6.45, 7) is 0. The Morgan fingerprint density at radius 1 is 0.293 bits per heavy atom. The molecule has 13 aromatic rings. The van der Waals surface area contributed by atoms with Crippen molar-refractivity contribution in [1.82, 2.24) is 0 Å². The normalized spacial score (nSPS) is 12.1. The second-order valence-electron chi connectivity index (χ2n) is 15.5. The summed E-state index contributed by atoms with van der Waals surface area (Å²) in [5, 5.41) is 17.2. The molecule has 0 spiro atoms. The zero-order valence-electron chi connectivity index (χ0n) is 31.3. The summed E-state index contributed by atoms with van der Waals surface area (Å²) < 4.78 is 9.26. The first-order valence-electron chi connectivity index (χ1n) is 19.9. The van der Waals surface area contributed by atoms with Crippen LogP contribution >= 0.6 is 11.3 Å². The average Bonchev–Trinajstić information content (AvgIpc) is 3.86. The molecule has 13 rings (SSSR count). The summed E-state index contributed by atoms with van der Waals surface area (Å²) in [5.74, 6) is 0. The molecule has 2 heterocycles. The molecule has 0 radical (unpaired) electrons. The Hall–Kier alpha value is -7.26. The van der Waals surface area contributed by atoms with Crippen molar-refractivity contribution >= 4 is 107 Å². The van der Waals surface area contributed by atoms with Gasteiger partial charge in [-0.3, -0.25) is 0 Å². The minimum absolute atomic E-state index is 0.968. The quantitative estimate of drug-likeness (QED) is 0.164. The third-order valence-electron chi connectivity index (χ3n) is 12.4. The van der Waals surface area contributed by atoms with Crippen LogP contribution in [0.15, 0.2) is 199 Å². The van der Waals surface area contributed by atoms with E-state index in [1.54, 1.807) is 0 Å². The van der Waals surface area contributed by atoms with Crippen molar-refractivity contribution in [3.05, 3.63) is 194 Å². The van der Waals surface area contributed by atoms with Gasteiger partial charge in [0.2, 0.25) is 0 Å². The highest BCUT2D eigenvalue weighted by Gasteiger charge is 2.19. The van der Waals surface area contributed by atoms with Crippen LogP contribution in [0.1, 0.15) is 0 Å². The van der Waals surface area contributed by atoms with Crippen LogP contribution in [-0.4, -0.2) is 0 Å². The predicted octanol–water partition coefficient (Wildman–Crippen LogP) is 16.7. The molecule has 0 bridgehead atoms. The molecule has 1 nitrogen and oxygen atoms in total. The minimum Gasteiger partial charge on any atom is -0.455 e. The van der Waals surface area contributed by atoms with Gasteiger partial charge in [0, 0.05) is 36.3 Å². The van der Waals surface area contributed by atoms with Gasteiger partial charge in [0.15, 0.2) is 0 Å². The fraction of sp³-hybridized carbons (Fsp3) is 0. The van der Waals surface area contributed by atoms with Gasteiger partial charge in [-0.1, -0.05) is 158 Å². The van der Waals surface area contributed by atoms with Gasteiger partial charge < -0.3 is 4.42 Å². The molecule has 0 unspecified atom stereocenters. The van der Waals surface area contributed by atoms with Crippen LogP contribution in [0.5, 0.6) is 0 Å². The van der Waals surface area contributed by atoms with Crippen LogP contribution in [0.2, 0.25) is 0 Å². The average molecular weight is 753 g/mol. The summed E-state index contributed by atoms with van der Waals surface area (Å²) in [6.07, 6.45) is 0. The molecule has 0 atom stereocenters. The largest absolute Gasteiger partial charge is 0.455 e. The second kappa shape index (κ2) is 12.1. The number of fused-ring (bicyclic) bond motifs is 13. The molecule has 2 heteroatoms. The molecule has 268 valence electrons. The molecule has 0 N–H and O–H groups in total. The van der Waals surface area contributed by atoms with Crippen molar-refractivity contribution in [2.45, 2.75) is 0 Å². The van der Waals surface area contributed by atoms with Crippen LogP contribution < -0.4 is 0 Å². The zero-order valence-corrected chi connectivity index (χ0v) is 32.1. The van der Waals surface area contributed by atoms with E-state index in [1.807, 2.05) is 11.3 Å². The molecule has 0 fully saturated rings. The lowest BCUT2D eigenvalue weighted by Crippen LogP contribution is -1.91. The van der Waals surface area contributed by atoms with Gasteiger partial charge in [-0.2, -0.15) is 0 Å². The van der Waals surface area contributed by atoms with Gasteiger partial charge in [0.25, 0.3) is 0 Å². The number of hydrogen-bond donors (Lipinski definition) is 0. The summed E-state index contributed by atoms with van der Waals surface area (Å²) in [7, 11) is 0. The molecule has 58 heavy (non-hydrogen) atoms. The topological polar surface area (TPSA) is 13.1 Å². The van der Waals surface area contributed by atoms with E-state index in [9.17, 15) is 0 Å². The van der Waals surface area contributed by atoms with Gasteiger partial charge in [0.1, 0.15) is 11.2 Å². The van der Waals surface area contributed by atoms with Gasteiger partial charge in [-0.15, -0.1) is 11.3 Å². The lowest BCUT2D eigenvalue weighted by atomic mass is 9.84. The first-order valence-corrected chi connectivity index (χ1v) is 20.7. The van der Waals surface area contributed by atoms with Crippen molar-refractivity contribution in [3.63, 3.8) is 0 Å². The smallest absolute Gasteiger partial charge is 0.144 e. The fourth-order valence-electron chi connectivity index (χ4n) is 9.76. The monoisotopic (exact) mass is 752 g/mol. The summed E-state index contributed by atoms with van der Waals surface area (Å²) in [5.41, 5.74) is 9.46. The zero-order chi connectivity index (χ0) is 37.9. The number of thiophene rings is 1. The number of rotatable bonds is 3. The highest BCUT2D eigenvalue weighted by atomic mass is 32.1. The van der Waals surface area contributed by atoms with E-state index >= 15 is 0 Å². The number of benzene rings is 11. The van der Waals surface area contributed by atoms with Crippen LogP contribution in [0.4, 0.5) is 0 Å². The van der Waals surface area contributed by atoms with Crippen molar-refractivity contribution in [2.75, 3.05) is 0 Å². The molecule has 0 saturated heterocycles. The van der Waals surface area contributed by atoms with Crippen molar-refractivity contribution < 1.29 is 4.42 Å². The van der Waals surface area contributed by atoms with E-state index in [1.165, 1.54) is 113 Å². The molecule has 0 saturated carbocycles. The Morgan fingerprint density at radius 2 is 0.810 bits per heavy atom. The van der Waals surface area contributed by atoms with Crippen LogP contribution in [0, 0.1) is 0 Å². The second-order valence-corrected chi connectivity index (χ2v) is 16.6. The maximum absolute atomic E-state index is 6.75. The number of hydrogen-bond acceptors (Lipinski definition) is 2. The molecule has 0 aliphatic heterocycles.